The average Bonchev–Trinajstić information content (AvgIpc) is 3.30. The third-order valence-corrected chi connectivity index (χ3v) is 7.26. The maximum atomic E-state index is 12.5. The average molecular weight is 509 g/mol. The molecule has 0 spiro atoms. The number of carboxylic acid groups (broad SMARTS) is 1. The van der Waals surface area contributed by atoms with Gasteiger partial charge < -0.3 is 20.5 Å². The quantitative estimate of drug-likeness (QED) is 0.403. The fraction of sp³-hybridized carbons (Fsp3) is 0.308. The molecule has 3 N–H and O–H groups in total. The van der Waals surface area contributed by atoms with Gasteiger partial charge in [0.1, 0.15) is 12.6 Å². The van der Waals surface area contributed by atoms with E-state index in [4.69, 9.17) is 4.74 Å². The number of nitrogens with one attached hydrogen (secondary N) is 2. The van der Waals surface area contributed by atoms with Crippen molar-refractivity contribution in [1.82, 2.24) is 15.1 Å². The van der Waals surface area contributed by atoms with Crippen molar-refractivity contribution < 1.29 is 24.2 Å². The van der Waals surface area contributed by atoms with E-state index in [1.807, 2.05) is 55.5 Å². The van der Waals surface area contributed by atoms with Crippen molar-refractivity contribution in [2.75, 3.05) is 23.4 Å². The summed E-state index contributed by atoms with van der Waals surface area (Å²) in [5.74, 6) is -1.55. The molecule has 0 saturated carbocycles. The SMILES string of the molecule is Cc1nn(C)c(C)c1NC(=O)CSCC(NC(=O)OCC1c2ccccc2-c2ccccc21)C(=O)O. The molecule has 1 aliphatic rings. The van der Waals surface area contributed by atoms with Crippen molar-refractivity contribution in [2.45, 2.75) is 25.8 Å². The lowest BCUT2D eigenvalue weighted by Crippen LogP contribution is -2.43. The molecule has 1 unspecified atom stereocenters. The van der Waals surface area contributed by atoms with Gasteiger partial charge in [0.2, 0.25) is 5.91 Å². The molecule has 3 aromatic rings. The van der Waals surface area contributed by atoms with Crippen molar-refractivity contribution >= 4 is 35.4 Å². The van der Waals surface area contributed by atoms with Gasteiger partial charge in [-0.2, -0.15) is 5.10 Å². The van der Waals surface area contributed by atoms with E-state index >= 15 is 0 Å². The van der Waals surface area contributed by atoms with E-state index in [0.29, 0.717) is 11.4 Å². The molecule has 36 heavy (non-hydrogen) atoms. The van der Waals surface area contributed by atoms with Gasteiger partial charge in [-0.25, -0.2) is 9.59 Å². The van der Waals surface area contributed by atoms with Crippen molar-refractivity contribution in [3.8, 4) is 11.1 Å². The standard InChI is InChI=1S/C26H28N4O5S/c1-15-24(16(2)30(3)29-15)28-23(31)14-36-13-22(25(32)33)27-26(34)35-12-21-19-10-6-4-8-17(19)18-9-5-7-11-20(18)21/h4-11,21-22H,12-14H2,1-3H3,(H,27,34)(H,28,31)(H,32,33). The number of benzene rings is 2. The highest BCUT2D eigenvalue weighted by atomic mass is 32.2. The highest BCUT2D eigenvalue weighted by molar-refractivity contribution is 8.00. The molecular weight excluding hydrogens is 480 g/mol. The van der Waals surface area contributed by atoms with Gasteiger partial charge in [0.05, 0.1) is 22.8 Å². The lowest BCUT2D eigenvalue weighted by atomic mass is 9.98. The summed E-state index contributed by atoms with van der Waals surface area (Å²) < 4.78 is 7.12. The minimum absolute atomic E-state index is 0.0119. The number of fused-ring (bicyclic) bond motifs is 3. The predicted octanol–water partition coefficient (Wildman–Crippen LogP) is 3.70. The number of aryl methyl sites for hydroxylation is 2. The number of amides is 2. The molecule has 0 saturated heterocycles. The number of carboxylic acids is 1. The van der Waals surface area contributed by atoms with Gasteiger partial charge in [-0.05, 0) is 36.1 Å². The van der Waals surface area contributed by atoms with Crippen LogP contribution in [0, 0.1) is 13.8 Å². The Labute approximate surface area is 213 Å². The first kappa shape index (κ1) is 25.3. The van der Waals surface area contributed by atoms with Crippen LogP contribution in [-0.4, -0.2) is 57.0 Å². The fourth-order valence-electron chi connectivity index (χ4n) is 4.36. The third kappa shape index (κ3) is 5.38. The number of alkyl carbamates (subject to hydrolysis) is 1. The Morgan fingerprint density at radius 1 is 1.08 bits per heavy atom. The van der Waals surface area contributed by atoms with Gasteiger partial charge in [-0.15, -0.1) is 11.8 Å². The van der Waals surface area contributed by atoms with Gasteiger partial charge in [0.15, 0.2) is 0 Å². The molecule has 4 rings (SSSR count). The maximum Gasteiger partial charge on any atom is 0.407 e. The van der Waals surface area contributed by atoms with E-state index in [1.165, 1.54) is 0 Å². The van der Waals surface area contributed by atoms with Gasteiger partial charge >= 0.3 is 12.1 Å². The molecule has 188 valence electrons. The van der Waals surface area contributed by atoms with Gasteiger partial charge in [-0.3, -0.25) is 9.48 Å². The summed E-state index contributed by atoms with van der Waals surface area (Å²) >= 11 is 1.11. The number of aliphatic carboxylic acids is 1. The van der Waals surface area contributed by atoms with Crippen LogP contribution in [0.2, 0.25) is 0 Å². The zero-order valence-electron chi connectivity index (χ0n) is 20.3. The second-order valence-corrected chi connectivity index (χ2v) is 9.62. The van der Waals surface area contributed by atoms with E-state index in [9.17, 15) is 19.5 Å². The van der Waals surface area contributed by atoms with Gasteiger partial charge in [0, 0.05) is 18.7 Å². The summed E-state index contributed by atoms with van der Waals surface area (Å²) in [5, 5.41) is 19.0. The number of rotatable bonds is 9. The summed E-state index contributed by atoms with van der Waals surface area (Å²) in [6, 6.07) is 14.7. The van der Waals surface area contributed by atoms with Crippen LogP contribution < -0.4 is 10.6 Å². The van der Waals surface area contributed by atoms with Crippen LogP contribution >= 0.6 is 11.8 Å². The highest BCUT2D eigenvalue weighted by Crippen LogP contribution is 2.44. The van der Waals surface area contributed by atoms with E-state index in [1.54, 1.807) is 18.7 Å². The number of carbonyl (C=O) groups excluding carboxylic acids is 2. The third-order valence-electron chi connectivity index (χ3n) is 6.22. The molecule has 1 aromatic heterocycles. The summed E-state index contributed by atoms with van der Waals surface area (Å²) in [6.07, 6.45) is -0.809. The zero-order valence-corrected chi connectivity index (χ0v) is 21.1. The van der Waals surface area contributed by atoms with Crippen molar-refractivity contribution in [3.05, 3.63) is 71.0 Å². The molecule has 0 bridgehead atoms. The van der Waals surface area contributed by atoms with Crippen LogP contribution in [0.1, 0.15) is 28.4 Å². The summed E-state index contributed by atoms with van der Waals surface area (Å²) in [5.41, 5.74) is 6.53. The summed E-state index contributed by atoms with van der Waals surface area (Å²) in [6.45, 7) is 3.74. The van der Waals surface area contributed by atoms with Crippen LogP contribution in [0.3, 0.4) is 0 Å². The Kier molecular flexibility index (Phi) is 7.64. The number of aromatic nitrogens is 2. The minimum atomic E-state index is -1.20. The maximum absolute atomic E-state index is 12.5. The van der Waals surface area contributed by atoms with E-state index in [2.05, 4.69) is 15.7 Å². The number of ether oxygens (including phenoxy) is 1. The molecular formula is C26H28N4O5S. The first-order valence-corrected chi connectivity index (χ1v) is 12.6. The Balaban J connectivity index is 1.29. The smallest absolute Gasteiger partial charge is 0.407 e. The Hall–Kier alpha value is -3.79. The van der Waals surface area contributed by atoms with Crippen LogP contribution in [0.25, 0.3) is 11.1 Å². The Morgan fingerprint density at radius 2 is 1.69 bits per heavy atom. The van der Waals surface area contributed by atoms with E-state index in [-0.39, 0.29) is 29.9 Å². The molecule has 2 amide bonds. The van der Waals surface area contributed by atoms with Crippen LogP contribution in [0.15, 0.2) is 48.5 Å². The predicted molar refractivity (Wildman–Crippen MR) is 138 cm³/mol. The molecule has 1 aliphatic carbocycles. The molecule has 9 nitrogen and oxygen atoms in total. The van der Waals surface area contributed by atoms with Crippen molar-refractivity contribution in [2.24, 2.45) is 7.05 Å². The molecule has 1 heterocycles. The number of hydrogen-bond donors (Lipinski definition) is 3. The highest BCUT2D eigenvalue weighted by Gasteiger charge is 2.29. The molecule has 0 radical (unpaired) electrons. The van der Waals surface area contributed by atoms with Gasteiger partial charge in [0.25, 0.3) is 0 Å². The first-order valence-electron chi connectivity index (χ1n) is 11.5. The lowest BCUT2D eigenvalue weighted by molar-refractivity contribution is -0.138. The van der Waals surface area contributed by atoms with E-state index < -0.39 is 18.1 Å². The summed E-state index contributed by atoms with van der Waals surface area (Å²) in [4.78, 5) is 36.5. The molecule has 2 aromatic carbocycles. The van der Waals surface area contributed by atoms with Gasteiger partial charge in [-0.1, -0.05) is 48.5 Å². The number of carbonyl (C=O) groups is 3. The molecule has 0 aliphatic heterocycles. The second-order valence-electron chi connectivity index (χ2n) is 8.59. The van der Waals surface area contributed by atoms with Crippen molar-refractivity contribution in [1.29, 1.82) is 0 Å². The Morgan fingerprint density at radius 3 is 2.25 bits per heavy atom. The molecule has 10 heteroatoms. The molecule has 0 fully saturated rings. The number of anilines is 1. The fourth-order valence-corrected chi connectivity index (χ4v) is 5.19. The first-order chi connectivity index (χ1) is 17.3. The second kappa shape index (κ2) is 10.9. The van der Waals surface area contributed by atoms with Crippen LogP contribution in [-0.2, 0) is 21.4 Å². The lowest BCUT2D eigenvalue weighted by Gasteiger charge is -2.17. The largest absolute Gasteiger partial charge is 0.480 e. The number of hydrogen-bond acceptors (Lipinski definition) is 6. The zero-order chi connectivity index (χ0) is 25.8. The number of nitrogens with zero attached hydrogens (tertiary/aromatic N) is 2. The molecule has 1 atom stereocenters. The Bertz CT molecular complexity index is 1260. The minimum Gasteiger partial charge on any atom is -0.480 e. The normalized spacial score (nSPS) is 13.0. The van der Waals surface area contributed by atoms with Crippen molar-refractivity contribution in [3.63, 3.8) is 0 Å². The number of thioether (sulfide) groups is 1. The van der Waals surface area contributed by atoms with Crippen LogP contribution in [0.5, 0.6) is 0 Å². The van der Waals surface area contributed by atoms with E-state index in [0.717, 1.165) is 39.7 Å². The summed E-state index contributed by atoms with van der Waals surface area (Å²) in [7, 11) is 1.79. The topological polar surface area (TPSA) is 123 Å². The van der Waals surface area contributed by atoms with Crippen LogP contribution in [0.4, 0.5) is 10.5 Å². The monoisotopic (exact) mass is 508 g/mol.